The van der Waals surface area contributed by atoms with Gasteiger partial charge in [0.15, 0.2) is 0 Å². The first-order chi connectivity index (χ1) is 18.9. The number of nitriles is 1. The average molecular weight is 526 g/mol. The van der Waals surface area contributed by atoms with Crippen LogP contribution in [0.5, 0.6) is 0 Å². The van der Waals surface area contributed by atoms with Crippen molar-refractivity contribution in [1.29, 1.82) is 10.7 Å². The van der Waals surface area contributed by atoms with Gasteiger partial charge in [-0.05, 0) is 61.0 Å². The molecule has 0 bridgehead atoms. The molecule has 4 rings (SSSR count). The fourth-order valence-electron chi connectivity index (χ4n) is 3.80. The van der Waals surface area contributed by atoms with Crippen LogP contribution in [0.1, 0.15) is 40.0 Å². The van der Waals surface area contributed by atoms with Crippen LogP contribution < -0.4 is 21.9 Å². The van der Waals surface area contributed by atoms with E-state index in [1.807, 2.05) is 30.3 Å². The number of aromatic nitrogens is 2. The van der Waals surface area contributed by atoms with Crippen molar-refractivity contribution in [3.8, 4) is 17.3 Å². The van der Waals surface area contributed by atoms with Crippen LogP contribution in [0.4, 0.5) is 10.2 Å². The Morgan fingerprint density at radius 2 is 1.85 bits per heavy atom. The van der Waals surface area contributed by atoms with Crippen LogP contribution in [0.2, 0.25) is 0 Å². The first-order valence-corrected chi connectivity index (χ1v) is 12.0. The first-order valence-electron chi connectivity index (χ1n) is 12.0. The molecule has 1 amide bonds. The summed E-state index contributed by atoms with van der Waals surface area (Å²) in [6, 6.07) is 21.4. The lowest BCUT2D eigenvalue weighted by atomic mass is 10.1. The molecule has 5 N–H and O–H groups in total. The summed E-state index contributed by atoms with van der Waals surface area (Å²) in [6.07, 6.45) is 1.99. The van der Waals surface area contributed by atoms with Crippen LogP contribution in [0.3, 0.4) is 0 Å². The molecule has 10 heteroatoms. The lowest BCUT2D eigenvalue weighted by Crippen LogP contribution is -2.28. The van der Waals surface area contributed by atoms with Crippen LogP contribution in [-0.2, 0) is 11.3 Å². The van der Waals surface area contributed by atoms with Gasteiger partial charge in [0.25, 0.3) is 5.91 Å². The summed E-state index contributed by atoms with van der Waals surface area (Å²) >= 11 is 0. The minimum absolute atomic E-state index is 0.0877. The molecular weight excluding hydrogens is 497 g/mol. The van der Waals surface area contributed by atoms with Gasteiger partial charge in [0, 0.05) is 12.7 Å². The summed E-state index contributed by atoms with van der Waals surface area (Å²) in [4.78, 5) is 28.7. The predicted molar refractivity (Wildman–Crippen MR) is 147 cm³/mol. The number of halogens is 1. The normalized spacial score (nSPS) is 10.8. The quantitative estimate of drug-likeness (QED) is 0.257. The standard InChI is InChI=1S/C28H23FN6O2.CH5N/c1-18(21-9-11-23(29)12-10-21)34-28(37)24-13-20(14-30)16-33-27(24)32-15-19-5-7-22(8-6-19)25-3-2-4-26(31)35(25)17-36;1-2/h2-13,16-18,31H,15H2,1H3,(H,32,33)(H,34,37);2H2,1H3. The summed E-state index contributed by atoms with van der Waals surface area (Å²) in [6.45, 7) is 2.13. The largest absolute Gasteiger partial charge is 0.365 e. The number of pyridine rings is 2. The Balaban J connectivity index is 0.00000205. The van der Waals surface area contributed by atoms with Gasteiger partial charge in [-0.1, -0.05) is 42.5 Å². The summed E-state index contributed by atoms with van der Waals surface area (Å²) < 4.78 is 14.5. The number of nitrogens with zero attached hydrogens (tertiary/aromatic N) is 3. The van der Waals surface area contributed by atoms with E-state index in [1.165, 1.54) is 42.1 Å². The Kier molecular flexibility index (Phi) is 9.78. The number of nitrogens with one attached hydrogen (secondary N) is 3. The van der Waals surface area contributed by atoms with Crippen molar-refractivity contribution < 1.29 is 14.0 Å². The fourth-order valence-corrected chi connectivity index (χ4v) is 3.80. The maximum Gasteiger partial charge on any atom is 0.255 e. The van der Waals surface area contributed by atoms with E-state index < -0.39 is 11.9 Å². The fraction of sp³-hybridized carbons (Fsp3) is 0.138. The van der Waals surface area contributed by atoms with Gasteiger partial charge in [-0.3, -0.25) is 19.6 Å². The number of anilines is 1. The van der Waals surface area contributed by atoms with Gasteiger partial charge in [-0.25, -0.2) is 9.37 Å². The molecule has 9 nitrogen and oxygen atoms in total. The lowest BCUT2D eigenvalue weighted by molar-refractivity contribution is 0.0940. The predicted octanol–water partition coefficient (Wildman–Crippen LogP) is 3.76. The highest BCUT2D eigenvalue weighted by Crippen LogP contribution is 2.21. The number of amides is 1. The van der Waals surface area contributed by atoms with Crippen LogP contribution in [0.15, 0.2) is 79.0 Å². The molecular formula is C29H28FN7O2. The number of carbonyl (C=O) groups is 2. The Labute approximate surface area is 225 Å². The Morgan fingerprint density at radius 3 is 2.49 bits per heavy atom. The van der Waals surface area contributed by atoms with E-state index in [0.29, 0.717) is 24.5 Å². The summed E-state index contributed by atoms with van der Waals surface area (Å²) in [5.74, 6) is -0.471. The third-order valence-electron chi connectivity index (χ3n) is 5.82. The number of benzene rings is 2. The molecule has 1 atom stereocenters. The van der Waals surface area contributed by atoms with Crippen LogP contribution in [0.25, 0.3) is 11.3 Å². The van der Waals surface area contributed by atoms with Gasteiger partial charge in [0.1, 0.15) is 23.2 Å². The minimum Gasteiger partial charge on any atom is -0.365 e. The number of rotatable bonds is 8. The van der Waals surface area contributed by atoms with Crippen molar-refractivity contribution in [3.05, 3.63) is 113 Å². The molecule has 0 aliphatic heterocycles. The second kappa shape index (κ2) is 13.4. The molecule has 2 aromatic heterocycles. The zero-order valence-corrected chi connectivity index (χ0v) is 21.5. The molecule has 198 valence electrons. The third kappa shape index (κ3) is 7.00. The van der Waals surface area contributed by atoms with Crippen molar-refractivity contribution in [1.82, 2.24) is 14.9 Å². The molecule has 2 heterocycles. The SMILES string of the molecule is CC(NC(=O)c1cc(C#N)cnc1NCc1ccc(-c2cccc(=N)n2C=O)cc1)c1ccc(F)cc1.CN. The highest BCUT2D eigenvalue weighted by atomic mass is 19.1. The van der Waals surface area contributed by atoms with Crippen molar-refractivity contribution in [2.24, 2.45) is 5.73 Å². The molecule has 0 fully saturated rings. The molecule has 39 heavy (non-hydrogen) atoms. The maximum absolute atomic E-state index is 13.2. The van der Waals surface area contributed by atoms with Gasteiger partial charge in [-0.15, -0.1) is 0 Å². The topological polar surface area (TPSA) is 150 Å². The summed E-state index contributed by atoms with van der Waals surface area (Å²) in [5.41, 5.74) is 8.05. The number of nitrogens with two attached hydrogens (primary N) is 1. The van der Waals surface area contributed by atoms with Crippen LogP contribution in [-0.4, -0.2) is 28.9 Å². The molecule has 0 aliphatic rings. The van der Waals surface area contributed by atoms with Crippen molar-refractivity contribution >= 4 is 18.1 Å². The van der Waals surface area contributed by atoms with Gasteiger partial charge < -0.3 is 16.4 Å². The monoisotopic (exact) mass is 525 g/mol. The Morgan fingerprint density at radius 1 is 1.15 bits per heavy atom. The molecule has 4 aromatic rings. The van der Waals surface area contributed by atoms with E-state index in [9.17, 15) is 19.2 Å². The van der Waals surface area contributed by atoms with E-state index in [-0.39, 0.29) is 22.4 Å². The minimum atomic E-state index is -0.423. The number of hydrogen-bond donors (Lipinski definition) is 4. The Hall–Kier alpha value is -5.14. The second-order valence-corrected chi connectivity index (χ2v) is 8.30. The molecule has 0 spiro atoms. The van der Waals surface area contributed by atoms with E-state index in [0.717, 1.165) is 16.7 Å². The van der Waals surface area contributed by atoms with Crippen LogP contribution in [0, 0.1) is 22.6 Å². The molecule has 1 unspecified atom stereocenters. The van der Waals surface area contributed by atoms with E-state index in [1.54, 1.807) is 31.2 Å². The average Bonchev–Trinajstić information content (AvgIpc) is 2.97. The van der Waals surface area contributed by atoms with E-state index >= 15 is 0 Å². The van der Waals surface area contributed by atoms with Gasteiger partial charge in [0.2, 0.25) is 6.41 Å². The first kappa shape index (κ1) is 28.4. The van der Waals surface area contributed by atoms with Crippen molar-refractivity contribution in [3.63, 3.8) is 0 Å². The highest BCUT2D eigenvalue weighted by molar-refractivity contribution is 5.99. The van der Waals surface area contributed by atoms with Gasteiger partial charge in [0.05, 0.1) is 22.9 Å². The molecule has 2 aromatic carbocycles. The van der Waals surface area contributed by atoms with Crippen molar-refractivity contribution in [2.75, 3.05) is 12.4 Å². The highest BCUT2D eigenvalue weighted by Gasteiger charge is 2.17. The number of carbonyl (C=O) groups excluding carboxylic acids is 2. The molecule has 0 saturated carbocycles. The van der Waals surface area contributed by atoms with Gasteiger partial charge in [-0.2, -0.15) is 5.26 Å². The van der Waals surface area contributed by atoms with E-state index in [4.69, 9.17) is 5.41 Å². The molecule has 0 radical (unpaired) electrons. The maximum atomic E-state index is 13.2. The Bertz CT molecular complexity index is 1540. The van der Waals surface area contributed by atoms with Crippen LogP contribution >= 0.6 is 0 Å². The molecule has 0 saturated heterocycles. The number of hydrogen-bond acceptors (Lipinski definition) is 7. The second-order valence-electron chi connectivity index (χ2n) is 8.30. The lowest BCUT2D eigenvalue weighted by Gasteiger charge is -2.17. The van der Waals surface area contributed by atoms with Crippen molar-refractivity contribution in [2.45, 2.75) is 19.5 Å². The van der Waals surface area contributed by atoms with E-state index in [2.05, 4.69) is 21.4 Å². The third-order valence-corrected chi connectivity index (χ3v) is 5.82. The molecule has 0 aliphatic carbocycles. The summed E-state index contributed by atoms with van der Waals surface area (Å²) in [7, 11) is 1.50. The summed E-state index contributed by atoms with van der Waals surface area (Å²) in [5, 5.41) is 23.2. The zero-order chi connectivity index (χ0) is 28.4. The zero-order valence-electron chi connectivity index (χ0n) is 21.5. The smallest absolute Gasteiger partial charge is 0.255 e. The van der Waals surface area contributed by atoms with Gasteiger partial charge >= 0.3 is 0 Å².